The van der Waals surface area contributed by atoms with Crippen molar-refractivity contribution >= 4 is 34.2 Å². The van der Waals surface area contributed by atoms with Gasteiger partial charge in [0.2, 0.25) is 0 Å². The zero-order valence-electron chi connectivity index (χ0n) is 19.7. The molecule has 2 heterocycles. The fraction of sp³-hybridized carbons (Fsp3) is 0.444. The molecular weight excluding hydrogens is 529 g/mol. The van der Waals surface area contributed by atoms with E-state index < -0.39 is 5.60 Å². The van der Waals surface area contributed by atoms with Crippen molar-refractivity contribution in [1.82, 2.24) is 0 Å². The molecule has 176 valence electrons. The molecule has 2 aliphatic heterocycles. The maximum absolute atomic E-state index is 14.0. The van der Waals surface area contributed by atoms with Crippen LogP contribution in [-0.4, -0.2) is 37.4 Å². The summed E-state index contributed by atoms with van der Waals surface area (Å²) in [5.41, 5.74) is 1.58. The van der Waals surface area contributed by atoms with E-state index in [1.54, 1.807) is 18.1 Å². The summed E-state index contributed by atoms with van der Waals surface area (Å²) < 4.78 is 13.2. The Kier molecular flexibility index (Phi) is 6.64. The number of methoxy groups -OCH3 is 1. The van der Waals surface area contributed by atoms with E-state index in [4.69, 9.17) is 9.47 Å². The predicted octanol–water partition coefficient (Wildman–Crippen LogP) is 5.04. The molecule has 2 aromatic carbocycles. The summed E-state index contributed by atoms with van der Waals surface area (Å²) in [6, 6.07) is 14.2. The van der Waals surface area contributed by atoms with E-state index in [2.05, 4.69) is 68.1 Å². The molecule has 0 radical (unpaired) electrons. The second-order valence-electron chi connectivity index (χ2n) is 9.53. The third-order valence-corrected chi connectivity index (χ3v) is 8.19. The number of fused-ring (bicyclic) bond motifs is 2. The summed E-state index contributed by atoms with van der Waals surface area (Å²) >= 11 is 2.29. The first-order chi connectivity index (χ1) is 15.7. The first-order valence-corrected chi connectivity index (χ1v) is 12.5. The standard InChI is InChI=1S/C27H32INO4/c1-6-14-29-22-12-9-19(28)16-21(22)27(25(29)31)17(2)24(23(33-27)13-15-30)26(3,4)18-7-10-20(32-5)11-8-18/h6-12,16-17,23-24,30H,1,13-15H2,2-5H3/t17-,23+,24-,27+/m0/s1. The van der Waals surface area contributed by atoms with Crippen LogP contribution in [0.1, 0.15) is 38.3 Å². The van der Waals surface area contributed by atoms with E-state index in [1.807, 2.05) is 24.3 Å². The number of amides is 1. The van der Waals surface area contributed by atoms with Gasteiger partial charge in [-0.1, -0.05) is 39.0 Å². The maximum Gasteiger partial charge on any atom is 0.264 e. The molecule has 4 rings (SSSR count). The van der Waals surface area contributed by atoms with E-state index in [0.29, 0.717) is 13.0 Å². The number of carbonyl (C=O) groups excluding carboxylic acids is 1. The zero-order valence-corrected chi connectivity index (χ0v) is 21.8. The number of nitrogens with zero attached hydrogens (tertiary/aromatic N) is 1. The van der Waals surface area contributed by atoms with Crippen molar-refractivity contribution in [3.05, 3.63) is 69.8 Å². The summed E-state index contributed by atoms with van der Waals surface area (Å²) in [4.78, 5) is 15.8. The second-order valence-corrected chi connectivity index (χ2v) is 10.8. The average molecular weight is 561 g/mol. The summed E-state index contributed by atoms with van der Waals surface area (Å²) in [5.74, 6) is 0.674. The first-order valence-electron chi connectivity index (χ1n) is 11.4. The van der Waals surface area contributed by atoms with E-state index in [9.17, 15) is 9.90 Å². The molecule has 0 unspecified atom stereocenters. The highest BCUT2D eigenvalue weighted by molar-refractivity contribution is 14.1. The maximum atomic E-state index is 14.0. The van der Waals surface area contributed by atoms with Gasteiger partial charge in [-0.15, -0.1) is 6.58 Å². The Morgan fingerprint density at radius 2 is 1.97 bits per heavy atom. The number of hydrogen-bond donors (Lipinski definition) is 1. The fourth-order valence-electron chi connectivity index (χ4n) is 5.99. The highest BCUT2D eigenvalue weighted by Gasteiger charge is 2.65. The number of aliphatic hydroxyl groups is 1. The molecule has 0 aliphatic carbocycles. The molecule has 4 atom stereocenters. The second kappa shape index (κ2) is 9.04. The van der Waals surface area contributed by atoms with Gasteiger partial charge in [0, 0.05) is 34.1 Å². The first kappa shape index (κ1) is 24.2. The SMILES string of the molecule is C=CCN1C(=O)[C@]2(O[C@H](CCO)[C@@H](C(C)(C)c3ccc(OC)cc3)[C@@H]2C)c2cc(I)ccc21. The Morgan fingerprint density at radius 1 is 1.27 bits per heavy atom. The number of ether oxygens (including phenoxy) is 2. The summed E-state index contributed by atoms with van der Waals surface area (Å²) in [7, 11) is 1.66. The van der Waals surface area contributed by atoms with Crippen molar-refractivity contribution in [2.75, 3.05) is 25.2 Å². The summed E-state index contributed by atoms with van der Waals surface area (Å²) in [6.07, 6.45) is 1.97. The van der Waals surface area contributed by atoms with Crippen molar-refractivity contribution in [2.24, 2.45) is 11.8 Å². The van der Waals surface area contributed by atoms with E-state index in [0.717, 1.165) is 26.1 Å². The van der Waals surface area contributed by atoms with Gasteiger partial charge >= 0.3 is 0 Å². The van der Waals surface area contributed by atoms with Crippen molar-refractivity contribution in [2.45, 2.75) is 44.3 Å². The van der Waals surface area contributed by atoms with Gasteiger partial charge in [-0.05, 0) is 70.3 Å². The minimum atomic E-state index is -1.08. The van der Waals surface area contributed by atoms with Gasteiger partial charge < -0.3 is 19.5 Å². The molecule has 1 fully saturated rings. The number of halogens is 1. The molecule has 1 saturated heterocycles. The Balaban J connectivity index is 1.84. The molecule has 0 aromatic heterocycles. The minimum absolute atomic E-state index is 0.00635. The molecule has 0 bridgehead atoms. The Bertz CT molecular complexity index is 1050. The van der Waals surface area contributed by atoms with Gasteiger partial charge in [-0.2, -0.15) is 0 Å². The van der Waals surface area contributed by atoms with Gasteiger partial charge in [0.05, 0.1) is 18.9 Å². The molecule has 5 nitrogen and oxygen atoms in total. The lowest BCUT2D eigenvalue weighted by Gasteiger charge is -2.38. The molecule has 2 aliphatic rings. The zero-order chi connectivity index (χ0) is 24.0. The molecule has 2 aromatic rings. The number of anilines is 1. The smallest absolute Gasteiger partial charge is 0.264 e. The number of hydrogen-bond acceptors (Lipinski definition) is 4. The largest absolute Gasteiger partial charge is 0.497 e. The van der Waals surface area contributed by atoms with Crippen molar-refractivity contribution in [3.63, 3.8) is 0 Å². The van der Waals surface area contributed by atoms with Gasteiger partial charge in [0.1, 0.15) is 5.75 Å². The molecule has 1 N–H and O–H groups in total. The lowest BCUT2D eigenvalue weighted by Crippen LogP contribution is -2.46. The molecule has 1 spiro atoms. The van der Waals surface area contributed by atoms with Gasteiger partial charge in [-0.3, -0.25) is 4.79 Å². The lowest BCUT2D eigenvalue weighted by molar-refractivity contribution is -0.146. The van der Waals surface area contributed by atoms with E-state index >= 15 is 0 Å². The normalized spacial score (nSPS) is 26.7. The molecule has 6 heteroatoms. The predicted molar refractivity (Wildman–Crippen MR) is 139 cm³/mol. The molecule has 0 saturated carbocycles. The molecular formula is C27H32INO4. The average Bonchev–Trinajstić information content (AvgIpc) is 3.21. The number of carbonyl (C=O) groups is 1. The van der Waals surface area contributed by atoms with E-state index in [-0.39, 0.29) is 35.9 Å². The van der Waals surface area contributed by atoms with Crippen LogP contribution in [0.25, 0.3) is 0 Å². The monoisotopic (exact) mass is 561 g/mol. The van der Waals surface area contributed by atoms with Crippen molar-refractivity contribution < 1.29 is 19.4 Å². The third-order valence-electron chi connectivity index (χ3n) is 7.52. The number of benzene rings is 2. The minimum Gasteiger partial charge on any atom is -0.497 e. The number of rotatable bonds is 7. The Labute approximate surface area is 209 Å². The van der Waals surface area contributed by atoms with Crippen LogP contribution >= 0.6 is 22.6 Å². The van der Waals surface area contributed by atoms with Crippen LogP contribution in [0.15, 0.2) is 55.1 Å². The topological polar surface area (TPSA) is 59.0 Å². The Morgan fingerprint density at radius 3 is 2.58 bits per heavy atom. The van der Waals surface area contributed by atoms with Crippen molar-refractivity contribution in [1.29, 1.82) is 0 Å². The van der Waals surface area contributed by atoms with Crippen LogP contribution in [0.5, 0.6) is 5.75 Å². The molecule has 33 heavy (non-hydrogen) atoms. The van der Waals surface area contributed by atoms with Gasteiger partial charge in [0.15, 0.2) is 5.60 Å². The molecule has 1 amide bonds. The van der Waals surface area contributed by atoms with Crippen LogP contribution in [0.2, 0.25) is 0 Å². The van der Waals surface area contributed by atoms with Crippen LogP contribution in [0, 0.1) is 15.4 Å². The van der Waals surface area contributed by atoms with Crippen LogP contribution in [-0.2, 0) is 20.5 Å². The van der Waals surface area contributed by atoms with Crippen LogP contribution < -0.4 is 9.64 Å². The Hall–Kier alpha value is -1.90. The number of aliphatic hydroxyl groups excluding tert-OH is 1. The fourth-order valence-corrected chi connectivity index (χ4v) is 6.48. The van der Waals surface area contributed by atoms with Crippen molar-refractivity contribution in [3.8, 4) is 5.75 Å². The van der Waals surface area contributed by atoms with Crippen LogP contribution in [0.4, 0.5) is 5.69 Å². The lowest BCUT2D eigenvalue weighted by atomic mass is 9.63. The van der Waals surface area contributed by atoms with Crippen LogP contribution in [0.3, 0.4) is 0 Å². The third kappa shape index (κ3) is 3.70. The summed E-state index contributed by atoms with van der Waals surface area (Å²) in [5, 5.41) is 9.90. The van der Waals surface area contributed by atoms with E-state index in [1.165, 1.54) is 0 Å². The van der Waals surface area contributed by atoms with Gasteiger partial charge in [-0.25, -0.2) is 0 Å². The quantitative estimate of drug-likeness (QED) is 0.381. The summed E-state index contributed by atoms with van der Waals surface area (Å²) in [6.45, 7) is 10.8. The highest BCUT2D eigenvalue weighted by atomic mass is 127. The van der Waals surface area contributed by atoms with Gasteiger partial charge in [0.25, 0.3) is 5.91 Å². The highest BCUT2D eigenvalue weighted by Crippen LogP contribution is 2.59.